The Kier molecular flexibility index (Phi) is 5.15. The summed E-state index contributed by atoms with van der Waals surface area (Å²) in [7, 11) is -3.74. The number of alkyl halides is 12. The van der Waals surface area contributed by atoms with Crippen molar-refractivity contribution in [3.05, 3.63) is 29.8 Å². The molecule has 0 amide bonds. The number of halogens is 14. The average molecular weight is 456 g/mol. The van der Waals surface area contributed by atoms with E-state index in [1.54, 1.807) is 0 Å². The molecule has 0 unspecified atom stereocenters. The van der Waals surface area contributed by atoms with Gasteiger partial charge in [-0.15, -0.1) is 0 Å². The second-order valence-corrected chi connectivity index (χ2v) is 5.62. The van der Waals surface area contributed by atoms with Crippen molar-refractivity contribution in [1.29, 1.82) is 0 Å². The Balaban J connectivity index is 2.93. The molecule has 0 bridgehead atoms. The Morgan fingerprint density at radius 1 is 0.552 bits per heavy atom. The van der Waals surface area contributed by atoms with Crippen LogP contribution in [-0.2, 0) is 9.31 Å². The maximum absolute atomic E-state index is 13.2. The van der Waals surface area contributed by atoms with E-state index in [1.807, 2.05) is 0 Å². The topological polar surface area (TPSA) is 18.5 Å². The summed E-state index contributed by atoms with van der Waals surface area (Å²) in [6.45, 7) is 0. The summed E-state index contributed by atoms with van der Waals surface area (Å²) in [6.07, 6.45) is -29.6. The molecule has 0 atom stereocenters. The second kappa shape index (κ2) is 6.36. The van der Waals surface area contributed by atoms with Crippen molar-refractivity contribution >= 4 is 12.6 Å². The summed E-state index contributed by atoms with van der Waals surface area (Å²) in [5.74, 6) is -3.51. The molecule has 0 saturated carbocycles. The normalized spacial score (nSPS) is 20.3. The molecule has 1 saturated heterocycles. The van der Waals surface area contributed by atoms with E-state index in [4.69, 9.17) is 0 Å². The van der Waals surface area contributed by atoms with Crippen LogP contribution in [0.15, 0.2) is 18.2 Å². The lowest BCUT2D eigenvalue weighted by atomic mass is 9.79. The molecule has 1 aromatic rings. The van der Waals surface area contributed by atoms with Gasteiger partial charge >= 0.3 is 31.8 Å². The summed E-state index contributed by atoms with van der Waals surface area (Å²) in [5, 5.41) is 0. The van der Waals surface area contributed by atoms with Crippen LogP contribution >= 0.6 is 0 Å². The smallest absolute Gasteiger partial charge is 0.383 e. The molecular weight excluding hydrogens is 453 g/mol. The third-order valence-corrected chi connectivity index (χ3v) is 3.82. The second-order valence-electron chi connectivity index (χ2n) is 5.62. The van der Waals surface area contributed by atoms with Crippen LogP contribution in [0.2, 0.25) is 0 Å². The first-order valence-corrected chi connectivity index (χ1v) is 6.80. The van der Waals surface area contributed by atoms with Gasteiger partial charge in [-0.25, -0.2) is 8.78 Å². The van der Waals surface area contributed by atoms with Crippen molar-refractivity contribution in [3.63, 3.8) is 0 Å². The molecule has 1 fully saturated rings. The lowest BCUT2D eigenvalue weighted by Gasteiger charge is -2.46. The molecule has 1 aliphatic heterocycles. The largest absolute Gasteiger partial charge is 0.496 e. The van der Waals surface area contributed by atoms with E-state index in [-0.39, 0.29) is 18.2 Å². The molecular formula is C12H3BF14O2. The van der Waals surface area contributed by atoms with E-state index < -0.39 is 60.1 Å². The molecule has 1 heterocycles. The standard InChI is InChI=1S/C12H3BF14O2/c14-5-1-4(2-6(15)3-5)13-28-7(9(16,17)18,10(19,20)21)8(29-13,11(22,23)24)12(25,26)27/h1-3H. The summed E-state index contributed by atoms with van der Waals surface area (Å²) in [6, 6.07) is -0.331. The summed E-state index contributed by atoms with van der Waals surface area (Å²) >= 11 is 0. The van der Waals surface area contributed by atoms with Crippen LogP contribution in [0.5, 0.6) is 0 Å². The highest BCUT2D eigenvalue weighted by Crippen LogP contribution is 2.66. The summed E-state index contributed by atoms with van der Waals surface area (Å²) < 4.78 is 192. The van der Waals surface area contributed by atoms with E-state index >= 15 is 0 Å². The van der Waals surface area contributed by atoms with Gasteiger partial charge in [0.2, 0.25) is 0 Å². The highest BCUT2D eigenvalue weighted by Gasteiger charge is 2.98. The van der Waals surface area contributed by atoms with Crippen LogP contribution in [-0.4, -0.2) is 43.0 Å². The van der Waals surface area contributed by atoms with Crippen molar-refractivity contribution in [2.24, 2.45) is 0 Å². The van der Waals surface area contributed by atoms with E-state index in [1.165, 1.54) is 0 Å². The van der Waals surface area contributed by atoms with Gasteiger partial charge in [-0.05, 0) is 17.6 Å². The maximum atomic E-state index is 13.2. The van der Waals surface area contributed by atoms with Crippen LogP contribution in [0, 0.1) is 11.6 Å². The van der Waals surface area contributed by atoms with Crippen LogP contribution in [0.25, 0.3) is 0 Å². The Bertz CT molecular complexity index is 689. The van der Waals surface area contributed by atoms with Gasteiger partial charge in [0.1, 0.15) is 11.6 Å². The molecule has 0 radical (unpaired) electrons. The van der Waals surface area contributed by atoms with E-state index in [0.29, 0.717) is 0 Å². The van der Waals surface area contributed by atoms with Crippen LogP contribution in [0.1, 0.15) is 0 Å². The molecule has 1 aliphatic rings. The fourth-order valence-corrected chi connectivity index (χ4v) is 2.75. The molecule has 0 aliphatic carbocycles. The fourth-order valence-electron chi connectivity index (χ4n) is 2.75. The molecule has 2 nitrogen and oxygen atoms in total. The molecule has 1 aromatic carbocycles. The Morgan fingerprint density at radius 3 is 1.07 bits per heavy atom. The number of rotatable bonds is 1. The molecule has 0 spiro atoms. The predicted molar refractivity (Wildman–Crippen MR) is 63.6 cm³/mol. The zero-order valence-electron chi connectivity index (χ0n) is 12.9. The lowest BCUT2D eigenvalue weighted by Crippen LogP contribution is -2.79. The van der Waals surface area contributed by atoms with Gasteiger partial charge in [-0.3, -0.25) is 0 Å². The van der Waals surface area contributed by atoms with Crippen molar-refractivity contribution in [3.8, 4) is 0 Å². The monoisotopic (exact) mass is 456 g/mol. The van der Waals surface area contributed by atoms with Crippen molar-refractivity contribution in [2.45, 2.75) is 35.9 Å². The van der Waals surface area contributed by atoms with Gasteiger partial charge < -0.3 is 9.31 Å². The van der Waals surface area contributed by atoms with E-state index in [9.17, 15) is 61.5 Å². The van der Waals surface area contributed by atoms with Gasteiger partial charge in [-0.2, -0.15) is 52.7 Å². The van der Waals surface area contributed by atoms with Crippen LogP contribution < -0.4 is 5.46 Å². The van der Waals surface area contributed by atoms with Crippen LogP contribution in [0.3, 0.4) is 0 Å². The van der Waals surface area contributed by atoms with E-state index in [0.717, 1.165) is 0 Å². The molecule has 2 rings (SSSR count). The fraction of sp³-hybridized carbons (Fsp3) is 0.500. The van der Waals surface area contributed by atoms with E-state index in [2.05, 4.69) is 9.31 Å². The Labute approximate surface area is 150 Å². The molecule has 0 aromatic heterocycles. The van der Waals surface area contributed by atoms with Gasteiger partial charge in [-0.1, -0.05) is 0 Å². The minimum Gasteiger partial charge on any atom is -0.383 e. The predicted octanol–water partition coefficient (Wildman–Crippen LogP) is 4.43. The SMILES string of the molecule is Fc1cc(F)cc(B2OC(C(F)(F)F)(C(F)(F)F)C(C(F)(F)F)(C(F)(F)F)O2)c1. The first kappa shape index (κ1) is 23.5. The lowest BCUT2D eigenvalue weighted by molar-refractivity contribution is -0.464. The third kappa shape index (κ3) is 3.21. The first-order chi connectivity index (χ1) is 12.7. The quantitative estimate of drug-likeness (QED) is 0.460. The molecule has 164 valence electrons. The average Bonchev–Trinajstić information content (AvgIpc) is 2.83. The minimum atomic E-state index is -7.39. The van der Waals surface area contributed by atoms with Crippen LogP contribution in [0.4, 0.5) is 61.5 Å². The Hall–Kier alpha value is -1.78. The van der Waals surface area contributed by atoms with Crippen molar-refractivity contribution < 1.29 is 70.8 Å². The summed E-state index contributed by atoms with van der Waals surface area (Å²) in [5.41, 5.74) is -15.6. The van der Waals surface area contributed by atoms with Crippen molar-refractivity contribution in [1.82, 2.24) is 0 Å². The highest BCUT2D eigenvalue weighted by molar-refractivity contribution is 6.62. The minimum absolute atomic E-state index is 0.0139. The highest BCUT2D eigenvalue weighted by atomic mass is 19.4. The zero-order chi connectivity index (χ0) is 22.8. The number of hydrogen-bond donors (Lipinski definition) is 0. The third-order valence-electron chi connectivity index (χ3n) is 3.82. The van der Waals surface area contributed by atoms with Gasteiger partial charge in [0.25, 0.3) is 11.2 Å². The molecule has 29 heavy (non-hydrogen) atoms. The van der Waals surface area contributed by atoms with Gasteiger partial charge in [0.15, 0.2) is 0 Å². The van der Waals surface area contributed by atoms with Crippen molar-refractivity contribution in [2.75, 3.05) is 0 Å². The van der Waals surface area contributed by atoms with Gasteiger partial charge in [0, 0.05) is 6.07 Å². The first-order valence-electron chi connectivity index (χ1n) is 6.80. The zero-order valence-corrected chi connectivity index (χ0v) is 12.9. The number of hydrogen-bond acceptors (Lipinski definition) is 2. The molecule has 17 heteroatoms. The van der Waals surface area contributed by atoms with Gasteiger partial charge in [0.05, 0.1) is 0 Å². The summed E-state index contributed by atoms with van der Waals surface area (Å²) in [4.78, 5) is 0. The maximum Gasteiger partial charge on any atom is 0.496 e. The Morgan fingerprint density at radius 2 is 0.828 bits per heavy atom. The molecule has 0 N–H and O–H groups in total. The number of benzene rings is 1.